The van der Waals surface area contributed by atoms with Crippen LogP contribution in [-0.2, 0) is 5.21 Å². The van der Waals surface area contributed by atoms with E-state index in [0.29, 0.717) is 0 Å². The molecule has 0 saturated heterocycles. The van der Waals surface area contributed by atoms with Crippen LogP contribution in [0.5, 0.6) is 0 Å². The summed E-state index contributed by atoms with van der Waals surface area (Å²) in [5.74, 6) is -0.986. The second-order valence-corrected chi connectivity index (χ2v) is 2.84. The number of rotatable bonds is 1. The zero-order valence-electron chi connectivity index (χ0n) is 5.27. The fraction of sp³-hybridized carbons (Fsp3) is 0.143. The molecule has 1 unspecified atom stereocenters. The van der Waals surface area contributed by atoms with Gasteiger partial charge in [-0.1, -0.05) is 0 Å². The molecule has 0 radical (unpaired) electrons. The Morgan fingerprint density at radius 3 is 2.00 bits per heavy atom. The molecule has 10 heavy (non-hydrogen) atoms. The molecular formula is C7H7AsF2. The Morgan fingerprint density at radius 1 is 1.10 bits per heavy atom. The van der Waals surface area contributed by atoms with E-state index in [9.17, 15) is 8.78 Å². The summed E-state index contributed by atoms with van der Waals surface area (Å²) in [5, 5.41) is 0.724. The van der Waals surface area contributed by atoms with Gasteiger partial charge in [-0.05, 0) is 0 Å². The van der Waals surface area contributed by atoms with Gasteiger partial charge in [0.15, 0.2) is 0 Å². The fourth-order valence-electron chi connectivity index (χ4n) is 0.729. The molecule has 0 aliphatic heterocycles. The summed E-state index contributed by atoms with van der Waals surface area (Å²) in [6.07, 6.45) is 0. The predicted octanol–water partition coefficient (Wildman–Crippen LogP) is 1.10. The molecule has 0 spiro atoms. The fourth-order valence-corrected chi connectivity index (χ4v) is 1.22. The molecular weight excluding hydrogens is 197 g/mol. The zero-order chi connectivity index (χ0) is 7.56. The molecule has 0 saturated carbocycles. The summed E-state index contributed by atoms with van der Waals surface area (Å²) >= 11 is 1.44. The molecule has 0 N–H and O–H groups in total. The molecule has 0 nitrogen and oxygen atoms in total. The van der Waals surface area contributed by atoms with Crippen molar-refractivity contribution < 1.29 is 8.78 Å². The van der Waals surface area contributed by atoms with E-state index in [-0.39, 0.29) is 0 Å². The second kappa shape index (κ2) is 3.16. The monoisotopic (exact) mass is 204 g/mol. The van der Waals surface area contributed by atoms with E-state index in [1.165, 1.54) is 29.0 Å². The third kappa shape index (κ3) is 1.81. The number of hydrogen-bond acceptors (Lipinski definition) is 0. The minimum atomic E-state index is -0.493. The standard InChI is InChI=1S/C7H7AsF2/c8-4-5-1-6(9)3-7(10)2-5/h1-3H,4,8H2. The van der Waals surface area contributed by atoms with Crippen LogP contribution >= 0.6 is 0 Å². The van der Waals surface area contributed by atoms with Crippen molar-refractivity contribution in [1.82, 2.24) is 0 Å². The first-order valence-electron chi connectivity index (χ1n) is 2.87. The van der Waals surface area contributed by atoms with Crippen molar-refractivity contribution in [2.75, 3.05) is 0 Å². The topological polar surface area (TPSA) is 0 Å². The Morgan fingerprint density at radius 2 is 1.60 bits per heavy atom. The van der Waals surface area contributed by atoms with Crippen LogP contribution in [0.4, 0.5) is 8.78 Å². The van der Waals surface area contributed by atoms with Gasteiger partial charge in [-0.3, -0.25) is 0 Å². The van der Waals surface area contributed by atoms with Crippen molar-refractivity contribution >= 4 is 16.9 Å². The number of halogens is 2. The molecule has 0 aromatic heterocycles. The van der Waals surface area contributed by atoms with Gasteiger partial charge >= 0.3 is 66.2 Å². The van der Waals surface area contributed by atoms with Crippen LogP contribution in [0.15, 0.2) is 18.2 Å². The van der Waals surface area contributed by atoms with Crippen LogP contribution in [-0.4, -0.2) is 16.9 Å². The van der Waals surface area contributed by atoms with Crippen molar-refractivity contribution in [3.05, 3.63) is 35.4 Å². The van der Waals surface area contributed by atoms with Gasteiger partial charge < -0.3 is 0 Å². The molecule has 3 heteroatoms. The third-order valence-corrected chi connectivity index (χ3v) is 2.15. The summed E-state index contributed by atoms with van der Waals surface area (Å²) in [5.41, 5.74) is 0.720. The molecule has 0 fully saturated rings. The molecule has 1 aromatic rings. The molecule has 1 aromatic carbocycles. The summed E-state index contributed by atoms with van der Waals surface area (Å²) in [6.45, 7) is 0. The summed E-state index contributed by atoms with van der Waals surface area (Å²) in [4.78, 5) is 0. The van der Waals surface area contributed by atoms with Crippen molar-refractivity contribution in [2.45, 2.75) is 5.21 Å². The molecule has 1 rings (SSSR count). The molecule has 0 aliphatic carbocycles. The molecule has 0 aliphatic rings. The number of hydrogen-bond donors (Lipinski definition) is 0. The molecule has 1 atom stereocenters. The van der Waals surface area contributed by atoms with Crippen LogP contribution in [0.1, 0.15) is 5.56 Å². The van der Waals surface area contributed by atoms with Gasteiger partial charge in [-0.2, -0.15) is 0 Å². The summed E-state index contributed by atoms with van der Waals surface area (Å²) < 4.78 is 24.8. The maximum atomic E-state index is 12.4. The normalized spacial score (nSPS) is 9.90. The van der Waals surface area contributed by atoms with Crippen LogP contribution in [0.2, 0.25) is 0 Å². The van der Waals surface area contributed by atoms with E-state index in [1.54, 1.807) is 0 Å². The predicted molar refractivity (Wildman–Crippen MR) is 38.6 cm³/mol. The first-order chi connectivity index (χ1) is 4.72. The van der Waals surface area contributed by atoms with Gasteiger partial charge in [0.1, 0.15) is 0 Å². The quantitative estimate of drug-likeness (QED) is 0.601. The van der Waals surface area contributed by atoms with Crippen molar-refractivity contribution in [3.63, 3.8) is 0 Å². The first-order valence-corrected chi connectivity index (χ1v) is 4.58. The van der Waals surface area contributed by atoms with E-state index in [0.717, 1.165) is 16.8 Å². The van der Waals surface area contributed by atoms with E-state index < -0.39 is 11.6 Å². The van der Waals surface area contributed by atoms with Crippen LogP contribution in [0.25, 0.3) is 0 Å². The van der Waals surface area contributed by atoms with E-state index in [2.05, 4.69) is 0 Å². The first kappa shape index (κ1) is 7.74. The minimum absolute atomic E-state index is 0.493. The van der Waals surface area contributed by atoms with E-state index in [4.69, 9.17) is 0 Å². The van der Waals surface area contributed by atoms with Crippen molar-refractivity contribution in [2.24, 2.45) is 0 Å². The summed E-state index contributed by atoms with van der Waals surface area (Å²) in [6, 6.07) is 3.59. The summed E-state index contributed by atoms with van der Waals surface area (Å²) in [7, 11) is 0. The van der Waals surface area contributed by atoms with Gasteiger partial charge in [-0.25, -0.2) is 0 Å². The Labute approximate surface area is 66.7 Å². The average Bonchev–Trinajstić information content (AvgIpc) is 1.85. The van der Waals surface area contributed by atoms with Crippen molar-refractivity contribution in [1.29, 1.82) is 0 Å². The molecule has 54 valence electrons. The Kier molecular flexibility index (Phi) is 2.44. The van der Waals surface area contributed by atoms with Crippen LogP contribution in [0.3, 0.4) is 0 Å². The number of benzene rings is 1. The SMILES string of the molecule is Fc1cc(F)cc(C[AsH2])c1. The Hall–Kier alpha value is -0.362. The Bertz CT molecular complexity index is 215. The Balaban J connectivity index is 3.06. The van der Waals surface area contributed by atoms with Crippen molar-refractivity contribution in [3.8, 4) is 0 Å². The maximum absolute atomic E-state index is 12.4. The molecule has 0 bridgehead atoms. The van der Waals surface area contributed by atoms with Gasteiger partial charge in [0, 0.05) is 0 Å². The van der Waals surface area contributed by atoms with Gasteiger partial charge in [0.2, 0.25) is 0 Å². The van der Waals surface area contributed by atoms with Crippen LogP contribution < -0.4 is 0 Å². The van der Waals surface area contributed by atoms with E-state index >= 15 is 0 Å². The van der Waals surface area contributed by atoms with Gasteiger partial charge in [-0.15, -0.1) is 0 Å². The average molecular weight is 204 g/mol. The van der Waals surface area contributed by atoms with Gasteiger partial charge in [0.25, 0.3) is 0 Å². The van der Waals surface area contributed by atoms with E-state index in [1.807, 2.05) is 0 Å². The van der Waals surface area contributed by atoms with Crippen LogP contribution in [0, 0.1) is 11.6 Å². The molecule has 0 amide bonds. The third-order valence-electron chi connectivity index (χ3n) is 1.16. The van der Waals surface area contributed by atoms with Gasteiger partial charge in [0.05, 0.1) is 0 Å². The second-order valence-electron chi connectivity index (χ2n) is 1.98. The molecule has 0 heterocycles. The zero-order valence-corrected chi connectivity index (χ0v) is 7.70.